The fourth-order valence-corrected chi connectivity index (χ4v) is 2.09. The molecule has 2 heterocycles. The molecule has 3 aromatic rings. The molecule has 0 saturated heterocycles. The molecule has 2 aromatic heterocycles. The standard InChI is InChI=1S/C14H9F3N4O/c15-14(16,17)10-7-6-9-11(18)20-13(22)21(12(9)19-10)8-4-2-1-3-5-8/h1-7H,(H2,18,20,22). The lowest BCUT2D eigenvalue weighted by Crippen LogP contribution is -2.24. The van der Waals surface area contributed by atoms with Gasteiger partial charge in [0, 0.05) is 0 Å². The summed E-state index contributed by atoms with van der Waals surface area (Å²) in [4.78, 5) is 19.3. The minimum Gasteiger partial charge on any atom is -0.383 e. The molecule has 8 heteroatoms. The number of nitrogens with two attached hydrogens (primary N) is 1. The Morgan fingerprint density at radius 2 is 1.68 bits per heavy atom. The number of benzene rings is 1. The fourth-order valence-electron chi connectivity index (χ4n) is 2.09. The minimum absolute atomic E-state index is 0.159. The van der Waals surface area contributed by atoms with E-state index < -0.39 is 17.6 Å². The first kappa shape index (κ1) is 14.1. The maximum Gasteiger partial charge on any atom is 0.433 e. The van der Waals surface area contributed by atoms with E-state index >= 15 is 0 Å². The summed E-state index contributed by atoms with van der Waals surface area (Å²) < 4.78 is 39.6. The van der Waals surface area contributed by atoms with Crippen molar-refractivity contribution in [3.63, 3.8) is 0 Å². The molecule has 0 aliphatic rings. The van der Waals surface area contributed by atoms with E-state index in [1.165, 1.54) is 0 Å². The van der Waals surface area contributed by atoms with Crippen molar-refractivity contribution >= 4 is 16.9 Å². The Hall–Kier alpha value is -2.90. The summed E-state index contributed by atoms with van der Waals surface area (Å²) in [6.07, 6.45) is -4.62. The lowest BCUT2D eigenvalue weighted by molar-refractivity contribution is -0.141. The highest BCUT2D eigenvalue weighted by Gasteiger charge is 2.33. The van der Waals surface area contributed by atoms with Crippen LogP contribution < -0.4 is 11.4 Å². The van der Waals surface area contributed by atoms with Crippen LogP contribution in [-0.4, -0.2) is 14.5 Å². The highest BCUT2D eigenvalue weighted by atomic mass is 19.4. The first-order valence-corrected chi connectivity index (χ1v) is 6.20. The fraction of sp³-hybridized carbons (Fsp3) is 0.0714. The van der Waals surface area contributed by atoms with Crippen LogP contribution in [0.5, 0.6) is 0 Å². The number of aromatic nitrogens is 3. The topological polar surface area (TPSA) is 73.8 Å². The Morgan fingerprint density at radius 3 is 2.32 bits per heavy atom. The van der Waals surface area contributed by atoms with E-state index in [1.54, 1.807) is 30.3 Å². The van der Waals surface area contributed by atoms with Gasteiger partial charge in [0.15, 0.2) is 5.65 Å². The van der Waals surface area contributed by atoms with E-state index in [1.807, 2.05) is 0 Å². The SMILES string of the molecule is Nc1nc(=O)n(-c2ccccc2)c2nc(C(F)(F)F)ccc12. The summed E-state index contributed by atoms with van der Waals surface area (Å²) in [5, 5.41) is 0.177. The molecule has 2 N–H and O–H groups in total. The van der Waals surface area contributed by atoms with Gasteiger partial charge in [-0.25, -0.2) is 14.3 Å². The maximum absolute atomic E-state index is 12.9. The number of nitrogens with zero attached hydrogens (tertiary/aromatic N) is 3. The van der Waals surface area contributed by atoms with Gasteiger partial charge in [0.25, 0.3) is 0 Å². The third-order valence-corrected chi connectivity index (χ3v) is 3.08. The lowest BCUT2D eigenvalue weighted by atomic mass is 10.2. The van der Waals surface area contributed by atoms with Gasteiger partial charge in [-0.3, -0.25) is 0 Å². The first-order chi connectivity index (χ1) is 10.4. The Kier molecular flexibility index (Phi) is 3.09. The average Bonchev–Trinajstić information content (AvgIpc) is 2.47. The summed E-state index contributed by atoms with van der Waals surface area (Å²) >= 11 is 0. The summed E-state index contributed by atoms with van der Waals surface area (Å²) in [7, 11) is 0. The van der Waals surface area contributed by atoms with Crippen LogP contribution in [-0.2, 0) is 6.18 Å². The molecule has 0 atom stereocenters. The Balaban J connectivity index is 2.42. The molecule has 3 rings (SSSR count). The zero-order valence-electron chi connectivity index (χ0n) is 11.0. The smallest absolute Gasteiger partial charge is 0.383 e. The van der Waals surface area contributed by atoms with Crippen molar-refractivity contribution in [1.82, 2.24) is 14.5 Å². The second-order valence-electron chi connectivity index (χ2n) is 4.52. The Labute approximate surface area is 121 Å². The van der Waals surface area contributed by atoms with E-state index in [4.69, 9.17) is 5.73 Å². The highest BCUT2D eigenvalue weighted by Crippen LogP contribution is 2.29. The lowest BCUT2D eigenvalue weighted by Gasteiger charge is -2.12. The van der Waals surface area contributed by atoms with Gasteiger partial charge in [-0.05, 0) is 24.3 Å². The molecule has 1 aromatic carbocycles. The number of alkyl halides is 3. The predicted octanol–water partition coefficient (Wildman–Crippen LogP) is 2.38. The molecule has 0 radical (unpaired) electrons. The normalized spacial score (nSPS) is 11.8. The van der Waals surface area contributed by atoms with Crippen LogP contribution in [0.1, 0.15) is 5.69 Å². The van der Waals surface area contributed by atoms with E-state index in [9.17, 15) is 18.0 Å². The number of para-hydroxylation sites is 1. The van der Waals surface area contributed by atoms with Gasteiger partial charge in [0.05, 0.1) is 11.1 Å². The van der Waals surface area contributed by atoms with Crippen molar-refractivity contribution in [3.05, 3.63) is 58.6 Å². The Bertz CT molecular complexity index is 904. The zero-order chi connectivity index (χ0) is 15.9. The number of halogens is 3. The second-order valence-corrected chi connectivity index (χ2v) is 4.52. The zero-order valence-corrected chi connectivity index (χ0v) is 11.0. The third-order valence-electron chi connectivity index (χ3n) is 3.08. The minimum atomic E-state index is -4.62. The summed E-state index contributed by atoms with van der Waals surface area (Å²) in [5.41, 5.74) is 3.90. The van der Waals surface area contributed by atoms with Gasteiger partial charge in [0.2, 0.25) is 0 Å². The predicted molar refractivity (Wildman–Crippen MR) is 74.5 cm³/mol. The largest absolute Gasteiger partial charge is 0.433 e. The molecule has 0 aliphatic heterocycles. The monoisotopic (exact) mass is 306 g/mol. The Morgan fingerprint density at radius 1 is 1.00 bits per heavy atom. The number of anilines is 1. The average molecular weight is 306 g/mol. The first-order valence-electron chi connectivity index (χ1n) is 6.20. The van der Waals surface area contributed by atoms with Crippen molar-refractivity contribution in [3.8, 4) is 5.69 Å². The van der Waals surface area contributed by atoms with E-state index in [0.717, 1.165) is 16.7 Å². The molecule has 0 aliphatic carbocycles. The highest BCUT2D eigenvalue weighted by molar-refractivity contribution is 5.86. The molecule has 0 bridgehead atoms. The number of rotatable bonds is 1. The quantitative estimate of drug-likeness (QED) is 0.749. The van der Waals surface area contributed by atoms with Crippen molar-refractivity contribution < 1.29 is 13.2 Å². The van der Waals surface area contributed by atoms with Crippen LogP contribution >= 0.6 is 0 Å². The van der Waals surface area contributed by atoms with Crippen molar-refractivity contribution in [2.75, 3.05) is 5.73 Å². The van der Waals surface area contributed by atoms with Crippen molar-refractivity contribution in [1.29, 1.82) is 0 Å². The summed E-state index contributed by atoms with van der Waals surface area (Å²) in [6.45, 7) is 0. The molecule has 0 fully saturated rings. The van der Waals surface area contributed by atoms with Crippen LogP contribution in [0, 0.1) is 0 Å². The van der Waals surface area contributed by atoms with Gasteiger partial charge >= 0.3 is 11.9 Å². The van der Waals surface area contributed by atoms with Crippen LogP contribution in [0.15, 0.2) is 47.3 Å². The number of pyridine rings is 1. The molecule has 0 spiro atoms. The van der Waals surface area contributed by atoms with Gasteiger partial charge < -0.3 is 5.73 Å². The molecule has 22 heavy (non-hydrogen) atoms. The molecule has 0 unspecified atom stereocenters. The summed E-state index contributed by atoms with van der Waals surface area (Å²) in [6, 6.07) is 10.1. The number of nitrogen functional groups attached to an aromatic ring is 1. The molecule has 0 saturated carbocycles. The van der Waals surface area contributed by atoms with E-state index in [2.05, 4.69) is 9.97 Å². The van der Waals surface area contributed by atoms with Crippen molar-refractivity contribution in [2.45, 2.75) is 6.18 Å². The molecular formula is C14H9F3N4O. The number of fused-ring (bicyclic) bond motifs is 1. The van der Waals surface area contributed by atoms with Gasteiger partial charge in [-0.15, -0.1) is 0 Å². The summed E-state index contributed by atoms with van der Waals surface area (Å²) in [5.74, 6) is -0.159. The number of hydrogen-bond acceptors (Lipinski definition) is 4. The van der Waals surface area contributed by atoms with E-state index in [-0.39, 0.29) is 16.9 Å². The van der Waals surface area contributed by atoms with Gasteiger partial charge in [0.1, 0.15) is 11.5 Å². The molecular weight excluding hydrogens is 297 g/mol. The van der Waals surface area contributed by atoms with Crippen LogP contribution in [0.2, 0.25) is 0 Å². The van der Waals surface area contributed by atoms with Gasteiger partial charge in [-0.1, -0.05) is 18.2 Å². The second kappa shape index (κ2) is 4.83. The molecule has 0 amide bonds. The number of hydrogen-bond donors (Lipinski definition) is 1. The van der Waals surface area contributed by atoms with Crippen LogP contribution in [0.4, 0.5) is 19.0 Å². The molecule has 112 valence electrons. The van der Waals surface area contributed by atoms with Crippen molar-refractivity contribution in [2.24, 2.45) is 0 Å². The maximum atomic E-state index is 12.9. The van der Waals surface area contributed by atoms with E-state index in [0.29, 0.717) is 5.69 Å². The molecule has 5 nitrogen and oxygen atoms in total. The van der Waals surface area contributed by atoms with Gasteiger partial charge in [-0.2, -0.15) is 18.2 Å². The third kappa shape index (κ3) is 2.28. The van der Waals surface area contributed by atoms with Crippen LogP contribution in [0.3, 0.4) is 0 Å². The van der Waals surface area contributed by atoms with Crippen LogP contribution in [0.25, 0.3) is 16.7 Å².